The number of esters is 1. The number of hydrogen-bond donors (Lipinski definition) is 0. The summed E-state index contributed by atoms with van der Waals surface area (Å²) < 4.78 is 32.3. The number of sulfonamides is 1. The largest absolute Gasteiger partial charge is 0.451 e. The molecule has 2 aliphatic rings. The Morgan fingerprint density at radius 3 is 2.68 bits per heavy atom. The first-order valence-corrected chi connectivity index (χ1v) is 12.8. The quantitative estimate of drug-likeness (QED) is 0.616. The number of benzene rings is 1. The van der Waals surface area contributed by atoms with Gasteiger partial charge in [-0.15, -0.1) is 11.3 Å². The van der Waals surface area contributed by atoms with Crippen molar-refractivity contribution in [3.8, 4) is 0 Å². The van der Waals surface area contributed by atoms with E-state index < -0.39 is 22.6 Å². The third-order valence-corrected chi connectivity index (χ3v) is 8.99. The summed E-state index contributed by atoms with van der Waals surface area (Å²) in [6, 6.07) is 9.47. The van der Waals surface area contributed by atoms with Gasteiger partial charge in [0.1, 0.15) is 9.77 Å². The van der Waals surface area contributed by atoms with Gasteiger partial charge in [-0.2, -0.15) is 4.31 Å². The first kappa shape index (κ1) is 22.0. The lowest BCUT2D eigenvalue weighted by molar-refractivity contribution is -0.135. The smallest absolute Gasteiger partial charge is 0.350 e. The van der Waals surface area contributed by atoms with Crippen LogP contribution in [0.1, 0.15) is 52.5 Å². The van der Waals surface area contributed by atoms with E-state index in [2.05, 4.69) is 6.07 Å². The van der Waals surface area contributed by atoms with Crippen molar-refractivity contribution in [3.63, 3.8) is 0 Å². The van der Waals surface area contributed by atoms with Gasteiger partial charge in [-0.3, -0.25) is 4.79 Å². The van der Waals surface area contributed by atoms with Crippen molar-refractivity contribution < 1.29 is 22.7 Å². The number of carbonyl (C=O) groups is 2. The molecule has 2 heterocycles. The Morgan fingerprint density at radius 2 is 1.90 bits per heavy atom. The highest BCUT2D eigenvalue weighted by molar-refractivity contribution is 7.89. The molecule has 0 saturated carbocycles. The maximum absolute atomic E-state index is 12.8. The van der Waals surface area contributed by atoms with Crippen LogP contribution in [-0.4, -0.2) is 56.2 Å². The number of rotatable bonds is 6. The first-order valence-electron chi connectivity index (χ1n) is 10.5. The minimum Gasteiger partial charge on any atom is -0.451 e. The monoisotopic (exact) mass is 462 g/mol. The standard InChI is InChI=1S/C22H26N2O5S2/c1-23(18-10-6-8-16-7-2-3-9-17(16)18)20(25)15-29-22(26)21-19(11-14-30-21)31(27,28)24-12-4-5-13-24/h2-3,7,9,11,14,18H,4-6,8,10,12-13,15H2,1H3. The van der Waals surface area contributed by atoms with E-state index in [1.165, 1.54) is 15.9 Å². The summed E-state index contributed by atoms with van der Waals surface area (Å²) in [5, 5.41) is 1.56. The van der Waals surface area contributed by atoms with Crippen LogP contribution in [0.25, 0.3) is 0 Å². The van der Waals surface area contributed by atoms with Crippen LogP contribution in [0.5, 0.6) is 0 Å². The number of ether oxygens (including phenoxy) is 1. The minimum absolute atomic E-state index is 0.0189. The van der Waals surface area contributed by atoms with Crippen molar-refractivity contribution >= 4 is 33.2 Å². The maximum Gasteiger partial charge on any atom is 0.350 e. The number of thiophene rings is 1. The van der Waals surface area contributed by atoms with E-state index in [0.717, 1.165) is 49.0 Å². The number of nitrogens with zero attached hydrogens (tertiary/aromatic N) is 2. The number of amides is 1. The van der Waals surface area contributed by atoms with E-state index in [-0.39, 0.29) is 21.7 Å². The second-order valence-electron chi connectivity index (χ2n) is 7.91. The average molecular weight is 463 g/mol. The van der Waals surface area contributed by atoms with Crippen molar-refractivity contribution in [1.29, 1.82) is 0 Å². The summed E-state index contributed by atoms with van der Waals surface area (Å²) in [7, 11) is -2.01. The molecule has 1 amide bonds. The number of likely N-dealkylation sites (N-methyl/N-ethyl adjacent to an activating group) is 1. The lowest BCUT2D eigenvalue weighted by Gasteiger charge is -2.33. The molecule has 7 nitrogen and oxygen atoms in total. The maximum atomic E-state index is 12.8. The lowest BCUT2D eigenvalue weighted by atomic mass is 9.87. The molecule has 166 valence electrons. The van der Waals surface area contributed by atoms with Gasteiger partial charge in [0.25, 0.3) is 5.91 Å². The van der Waals surface area contributed by atoms with Gasteiger partial charge >= 0.3 is 5.97 Å². The van der Waals surface area contributed by atoms with E-state index in [4.69, 9.17) is 4.74 Å². The molecule has 1 aliphatic heterocycles. The summed E-state index contributed by atoms with van der Waals surface area (Å²) in [5.74, 6) is -1.09. The van der Waals surface area contributed by atoms with Crippen molar-refractivity contribution in [2.75, 3.05) is 26.7 Å². The van der Waals surface area contributed by atoms with E-state index in [1.807, 2.05) is 18.2 Å². The first-order chi connectivity index (χ1) is 14.9. The molecule has 1 aliphatic carbocycles. The topological polar surface area (TPSA) is 84.0 Å². The van der Waals surface area contributed by atoms with Crippen LogP contribution in [-0.2, 0) is 26.0 Å². The van der Waals surface area contributed by atoms with Gasteiger partial charge in [-0.25, -0.2) is 13.2 Å². The highest BCUT2D eigenvalue weighted by Gasteiger charge is 2.33. The molecule has 2 aromatic rings. The molecule has 0 radical (unpaired) electrons. The molecule has 9 heteroatoms. The van der Waals surface area contributed by atoms with Crippen LogP contribution in [0.15, 0.2) is 40.6 Å². The van der Waals surface area contributed by atoms with Crippen molar-refractivity contribution in [1.82, 2.24) is 9.21 Å². The predicted molar refractivity (Wildman–Crippen MR) is 117 cm³/mol. The molecule has 31 heavy (non-hydrogen) atoms. The second-order valence-corrected chi connectivity index (χ2v) is 10.7. The minimum atomic E-state index is -3.73. The van der Waals surface area contributed by atoms with Crippen LogP contribution < -0.4 is 0 Å². The number of fused-ring (bicyclic) bond motifs is 1. The highest BCUT2D eigenvalue weighted by Crippen LogP contribution is 2.33. The van der Waals surface area contributed by atoms with Gasteiger partial charge in [-0.05, 0) is 54.7 Å². The SMILES string of the molecule is CN(C(=O)COC(=O)c1sccc1S(=O)(=O)N1CCCC1)C1CCCc2ccccc21. The number of aryl methyl sites for hydroxylation is 1. The fourth-order valence-electron chi connectivity index (χ4n) is 4.32. The summed E-state index contributed by atoms with van der Waals surface area (Å²) in [5.41, 5.74) is 2.37. The summed E-state index contributed by atoms with van der Waals surface area (Å²) in [4.78, 5) is 27.0. The van der Waals surface area contributed by atoms with Gasteiger partial charge < -0.3 is 9.64 Å². The normalized spacial score (nSPS) is 19.1. The zero-order valence-corrected chi connectivity index (χ0v) is 19.1. The summed E-state index contributed by atoms with van der Waals surface area (Å²) in [6.07, 6.45) is 4.47. The Bertz CT molecular complexity index is 1070. The molecule has 1 atom stereocenters. The molecule has 1 saturated heterocycles. The molecule has 4 rings (SSSR count). The van der Waals surface area contributed by atoms with Crippen LogP contribution in [0.2, 0.25) is 0 Å². The zero-order chi connectivity index (χ0) is 22.0. The third kappa shape index (κ3) is 4.40. The molecule has 1 unspecified atom stereocenters. The molecule has 1 aromatic carbocycles. The third-order valence-electron chi connectivity index (χ3n) is 6.02. The predicted octanol–water partition coefficient (Wildman–Crippen LogP) is 3.23. The van der Waals surface area contributed by atoms with E-state index in [9.17, 15) is 18.0 Å². The van der Waals surface area contributed by atoms with Gasteiger partial charge in [0.15, 0.2) is 6.61 Å². The number of carbonyl (C=O) groups excluding carboxylic acids is 2. The molecule has 0 N–H and O–H groups in total. The Balaban J connectivity index is 1.42. The Kier molecular flexibility index (Phi) is 6.45. The van der Waals surface area contributed by atoms with Crippen molar-refractivity contribution in [2.24, 2.45) is 0 Å². The Morgan fingerprint density at radius 1 is 1.16 bits per heavy atom. The Labute approximate surface area is 186 Å². The fraction of sp³-hybridized carbons (Fsp3) is 0.455. The molecular formula is C22H26N2O5S2. The highest BCUT2D eigenvalue weighted by atomic mass is 32.2. The fourth-order valence-corrected chi connectivity index (χ4v) is 7.12. The summed E-state index contributed by atoms with van der Waals surface area (Å²) >= 11 is 1.02. The van der Waals surface area contributed by atoms with Crippen LogP contribution in [0.4, 0.5) is 0 Å². The number of hydrogen-bond acceptors (Lipinski definition) is 6. The molecule has 0 bridgehead atoms. The van der Waals surface area contributed by atoms with E-state index in [0.29, 0.717) is 13.1 Å². The second kappa shape index (κ2) is 9.10. The van der Waals surface area contributed by atoms with Crippen LogP contribution in [0, 0.1) is 0 Å². The van der Waals surface area contributed by atoms with Crippen molar-refractivity contribution in [2.45, 2.75) is 43.0 Å². The average Bonchev–Trinajstić information content (AvgIpc) is 3.49. The van der Waals surface area contributed by atoms with Gasteiger partial charge in [-0.1, -0.05) is 24.3 Å². The van der Waals surface area contributed by atoms with E-state index in [1.54, 1.807) is 17.3 Å². The van der Waals surface area contributed by atoms with Crippen LogP contribution >= 0.6 is 11.3 Å². The Hall–Kier alpha value is -2.23. The molecule has 1 aromatic heterocycles. The van der Waals surface area contributed by atoms with Crippen LogP contribution in [0.3, 0.4) is 0 Å². The van der Waals surface area contributed by atoms with Crippen molar-refractivity contribution in [3.05, 3.63) is 51.7 Å². The van der Waals surface area contributed by atoms with Gasteiger partial charge in [0.2, 0.25) is 10.0 Å². The molecule has 0 spiro atoms. The van der Waals surface area contributed by atoms with Gasteiger partial charge in [0, 0.05) is 20.1 Å². The molecule has 1 fully saturated rings. The lowest BCUT2D eigenvalue weighted by Crippen LogP contribution is -2.36. The van der Waals surface area contributed by atoms with E-state index >= 15 is 0 Å². The zero-order valence-electron chi connectivity index (χ0n) is 17.5. The molecular weight excluding hydrogens is 436 g/mol. The summed E-state index contributed by atoms with van der Waals surface area (Å²) in [6.45, 7) is 0.493. The van der Waals surface area contributed by atoms with Gasteiger partial charge in [0.05, 0.1) is 6.04 Å².